The first-order chi connectivity index (χ1) is 5.15. The van der Waals surface area contributed by atoms with E-state index in [0.717, 1.165) is 12.0 Å². The highest BCUT2D eigenvalue weighted by Gasteiger charge is 2.03. The molecular formula is C8H9BrFN. The fraction of sp³-hybridized carbons (Fsp3) is 0.250. The van der Waals surface area contributed by atoms with Gasteiger partial charge in [-0.05, 0) is 40.0 Å². The zero-order valence-electron chi connectivity index (χ0n) is 6.20. The Balaban J connectivity index is 3.24. The van der Waals surface area contributed by atoms with Crippen molar-refractivity contribution in [2.45, 2.75) is 13.3 Å². The van der Waals surface area contributed by atoms with Crippen LogP contribution in [0.5, 0.6) is 0 Å². The van der Waals surface area contributed by atoms with Crippen LogP contribution in [0.3, 0.4) is 0 Å². The first-order valence-corrected chi connectivity index (χ1v) is 4.17. The van der Waals surface area contributed by atoms with Crippen LogP contribution >= 0.6 is 15.9 Å². The van der Waals surface area contributed by atoms with Crippen LogP contribution in [0.1, 0.15) is 12.5 Å². The quantitative estimate of drug-likeness (QED) is 0.720. The highest BCUT2D eigenvalue weighted by atomic mass is 79.9. The summed E-state index contributed by atoms with van der Waals surface area (Å²) in [6.07, 6.45) is 0.752. The van der Waals surface area contributed by atoms with Crippen molar-refractivity contribution < 1.29 is 4.39 Å². The van der Waals surface area contributed by atoms with Gasteiger partial charge >= 0.3 is 0 Å². The molecule has 0 radical (unpaired) electrons. The van der Waals surface area contributed by atoms with Gasteiger partial charge in [-0.15, -0.1) is 0 Å². The zero-order chi connectivity index (χ0) is 8.43. The van der Waals surface area contributed by atoms with Crippen molar-refractivity contribution in [2.75, 3.05) is 5.73 Å². The number of nitrogens with two attached hydrogens (primary N) is 1. The van der Waals surface area contributed by atoms with Crippen LogP contribution in [-0.2, 0) is 6.42 Å². The van der Waals surface area contributed by atoms with E-state index >= 15 is 0 Å². The largest absolute Gasteiger partial charge is 0.398 e. The molecule has 1 rings (SSSR count). The second-order valence-corrected chi connectivity index (χ2v) is 3.17. The van der Waals surface area contributed by atoms with Crippen LogP contribution in [-0.4, -0.2) is 0 Å². The maximum absolute atomic E-state index is 12.7. The molecule has 3 heteroatoms. The van der Waals surface area contributed by atoms with Gasteiger partial charge in [0.2, 0.25) is 0 Å². The van der Waals surface area contributed by atoms with Gasteiger partial charge in [0, 0.05) is 10.2 Å². The molecule has 0 heterocycles. The van der Waals surface area contributed by atoms with E-state index in [-0.39, 0.29) is 5.82 Å². The van der Waals surface area contributed by atoms with E-state index in [4.69, 9.17) is 5.73 Å². The van der Waals surface area contributed by atoms with Crippen molar-refractivity contribution in [3.63, 3.8) is 0 Å². The summed E-state index contributed by atoms with van der Waals surface area (Å²) in [4.78, 5) is 0. The summed E-state index contributed by atoms with van der Waals surface area (Å²) < 4.78 is 13.3. The molecule has 0 bridgehead atoms. The van der Waals surface area contributed by atoms with Gasteiger partial charge in [0.1, 0.15) is 5.82 Å². The average molecular weight is 218 g/mol. The number of aryl methyl sites for hydroxylation is 1. The van der Waals surface area contributed by atoms with Gasteiger partial charge in [0.05, 0.1) is 0 Å². The molecule has 0 aromatic heterocycles. The lowest BCUT2D eigenvalue weighted by atomic mass is 10.1. The second kappa shape index (κ2) is 3.22. The maximum Gasteiger partial charge on any atom is 0.124 e. The number of rotatable bonds is 1. The Hall–Kier alpha value is -0.570. The Labute approximate surface area is 73.5 Å². The third-order valence-electron chi connectivity index (χ3n) is 1.56. The Morgan fingerprint density at radius 3 is 2.73 bits per heavy atom. The van der Waals surface area contributed by atoms with Crippen molar-refractivity contribution in [1.29, 1.82) is 0 Å². The molecule has 60 valence electrons. The van der Waals surface area contributed by atoms with Crippen molar-refractivity contribution in [3.05, 3.63) is 28.0 Å². The average Bonchev–Trinajstić information content (AvgIpc) is 1.96. The summed E-state index contributed by atoms with van der Waals surface area (Å²) in [5.74, 6) is -0.247. The molecule has 1 nitrogen and oxygen atoms in total. The van der Waals surface area contributed by atoms with Crippen LogP contribution < -0.4 is 5.73 Å². The fourth-order valence-corrected chi connectivity index (χ4v) is 1.40. The van der Waals surface area contributed by atoms with Crippen molar-refractivity contribution in [3.8, 4) is 0 Å². The van der Waals surface area contributed by atoms with E-state index in [9.17, 15) is 4.39 Å². The Morgan fingerprint density at radius 2 is 2.18 bits per heavy atom. The molecule has 2 N–H and O–H groups in total. The third-order valence-corrected chi connectivity index (χ3v) is 2.22. The van der Waals surface area contributed by atoms with E-state index in [0.29, 0.717) is 10.2 Å². The standard InChI is InChI=1S/C8H9BrFN/c1-2-5-3-6(10)4-7(9)8(5)11/h3-4H,2,11H2,1H3. The van der Waals surface area contributed by atoms with Gasteiger partial charge < -0.3 is 5.73 Å². The van der Waals surface area contributed by atoms with Crippen LogP contribution in [0.4, 0.5) is 10.1 Å². The molecule has 0 atom stereocenters. The van der Waals surface area contributed by atoms with E-state index in [1.54, 1.807) is 0 Å². The summed E-state index contributed by atoms with van der Waals surface area (Å²) in [6, 6.07) is 2.83. The summed E-state index contributed by atoms with van der Waals surface area (Å²) in [7, 11) is 0. The molecule has 0 fully saturated rings. The van der Waals surface area contributed by atoms with E-state index in [1.807, 2.05) is 6.92 Å². The summed E-state index contributed by atoms with van der Waals surface area (Å²) in [5, 5.41) is 0. The van der Waals surface area contributed by atoms with E-state index in [2.05, 4.69) is 15.9 Å². The maximum atomic E-state index is 12.7. The number of benzene rings is 1. The van der Waals surface area contributed by atoms with Gasteiger partial charge in [-0.1, -0.05) is 6.92 Å². The third kappa shape index (κ3) is 1.71. The monoisotopic (exact) mass is 217 g/mol. The highest BCUT2D eigenvalue weighted by Crippen LogP contribution is 2.24. The lowest BCUT2D eigenvalue weighted by Gasteiger charge is -2.04. The molecule has 0 saturated carbocycles. The first kappa shape index (κ1) is 8.53. The number of halogens is 2. The van der Waals surface area contributed by atoms with Gasteiger partial charge in [-0.3, -0.25) is 0 Å². The second-order valence-electron chi connectivity index (χ2n) is 2.31. The molecule has 1 aromatic rings. The fourth-order valence-electron chi connectivity index (χ4n) is 0.931. The Morgan fingerprint density at radius 1 is 1.55 bits per heavy atom. The summed E-state index contributed by atoms with van der Waals surface area (Å²) >= 11 is 3.17. The molecule has 0 aliphatic heterocycles. The van der Waals surface area contributed by atoms with Crippen molar-refractivity contribution in [1.82, 2.24) is 0 Å². The SMILES string of the molecule is CCc1cc(F)cc(Br)c1N. The van der Waals surface area contributed by atoms with Crippen LogP contribution in [0.25, 0.3) is 0 Å². The normalized spacial score (nSPS) is 10.1. The number of hydrogen-bond donors (Lipinski definition) is 1. The number of anilines is 1. The van der Waals surface area contributed by atoms with Gasteiger partial charge in [0.15, 0.2) is 0 Å². The molecule has 11 heavy (non-hydrogen) atoms. The summed E-state index contributed by atoms with van der Waals surface area (Å²) in [6.45, 7) is 1.94. The zero-order valence-corrected chi connectivity index (χ0v) is 7.78. The lowest BCUT2D eigenvalue weighted by molar-refractivity contribution is 0.625. The predicted molar refractivity (Wildman–Crippen MR) is 47.9 cm³/mol. The predicted octanol–water partition coefficient (Wildman–Crippen LogP) is 2.73. The smallest absolute Gasteiger partial charge is 0.124 e. The van der Waals surface area contributed by atoms with Crippen LogP contribution in [0, 0.1) is 5.82 Å². The minimum Gasteiger partial charge on any atom is -0.398 e. The van der Waals surface area contributed by atoms with Gasteiger partial charge in [0.25, 0.3) is 0 Å². The van der Waals surface area contributed by atoms with Crippen molar-refractivity contribution in [2.24, 2.45) is 0 Å². The van der Waals surface area contributed by atoms with Gasteiger partial charge in [-0.2, -0.15) is 0 Å². The molecule has 0 saturated heterocycles. The van der Waals surface area contributed by atoms with E-state index in [1.165, 1.54) is 12.1 Å². The topological polar surface area (TPSA) is 26.0 Å². The summed E-state index contributed by atoms with van der Waals surface area (Å²) in [5.41, 5.74) is 7.13. The molecule has 1 aromatic carbocycles. The number of hydrogen-bond acceptors (Lipinski definition) is 1. The van der Waals surface area contributed by atoms with Crippen LogP contribution in [0.15, 0.2) is 16.6 Å². The van der Waals surface area contributed by atoms with E-state index < -0.39 is 0 Å². The van der Waals surface area contributed by atoms with Crippen molar-refractivity contribution >= 4 is 21.6 Å². The van der Waals surface area contributed by atoms with Crippen LogP contribution in [0.2, 0.25) is 0 Å². The molecular weight excluding hydrogens is 209 g/mol. The Bertz CT molecular complexity index is 273. The molecule has 0 aliphatic carbocycles. The first-order valence-electron chi connectivity index (χ1n) is 3.38. The minimum absolute atomic E-state index is 0.247. The molecule has 0 spiro atoms. The molecule has 0 aliphatic rings. The highest BCUT2D eigenvalue weighted by molar-refractivity contribution is 9.10. The lowest BCUT2D eigenvalue weighted by Crippen LogP contribution is -1.95. The van der Waals surface area contributed by atoms with Gasteiger partial charge in [-0.25, -0.2) is 4.39 Å². The Kier molecular flexibility index (Phi) is 2.49. The molecule has 0 unspecified atom stereocenters. The molecule has 0 amide bonds. The minimum atomic E-state index is -0.247. The number of nitrogen functional groups attached to an aromatic ring is 1.